The minimum Gasteiger partial charge on any atom is -0.508 e. The summed E-state index contributed by atoms with van der Waals surface area (Å²) in [6.45, 7) is 7.11. The van der Waals surface area contributed by atoms with Crippen LogP contribution in [0.5, 0.6) is 46.0 Å². The standard InChI is InChI=1S/C83H101Cl2N11O33P2/c1-32(2)18-46(89-7)74(108)95-64-66(103)37-11-16-50(44(84)21-37)124-52-23-39-24-53(70(52)129-81-71(68(105)67(104)54(30-97)126-81)128-58-29-83(6,88)73(107)34(4)123-58)125-51-17-12-38(22-45(51)85)69(127-57-28-82(5,87)72(106)33(3)122-57)65-79(113)94-63(80(114)121-31-56(102)90-40-13-8-35(9-14-40)19-59(130(115,116)117)131(118,119)120)43-25-41(98)26-49(100)60(43)42-20-36(10-15-48(42)99)61(76(110)96-65)93-77(111)62(39)92-75(109)47(27-55(86)101)91-78(64)112/h8-17,20-26,32-34,46-47,54,57-59,61-69,71-73,81,89,97-100,103-107H,18-19,27-31,87-88H2,1-7H3,(H2,86,101)(H,90,102)(H,91,112)(H,92,109)(H,93,111)(H,94,113)(H,95,108)(H,96,110)(H2,115,116,117)(H2,118,119,120)/t33?,34?,46?,47?,54?,57?,58?,61?,62?,63-,64?,65?,66+,67?,68?,69-,71?,72?,73?,81?,82?,83?/m1/s1. The number of amides is 8. The van der Waals surface area contributed by atoms with E-state index in [0.29, 0.717) is 0 Å². The first-order chi connectivity index (χ1) is 61.4. The van der Waals surface area contributed by atoms with E-state index in [-0.39, 0.29) is 41.1 Å². The molecule has 8 heterocycles. The molecule has 8 aliphatic rings. The molecule has 22 atom stereocenters. The van der Waals surface area contributed by atoms with Gasteiger partial charge in [0.1, 0.15) is 89.5 Å². The summed E-state index contributed by atoms with van der Waals surface area (Å²) in [7, 11) is -9.33. The number of benzene rings is 6. The van der Waals surface area contributed by atoms with Crippen molar-refractivity contribution < 1.29 is 160 Å². The van der Waals surface area contributed by atoms with Gasteiger partial charge in [-0.3, -0.25) is 47.5 Å². The van der Waals surface area contributed by atoms with Gasteiger partial charge in [0.25, 0.3) is 5.91 Å². The molecule has 14 rings (SSSR count). The second-order valence-corrected chi connectivity index (χ2v) is 38.5. The van der Waals surface area contributed by atoms with E-state index in [2.05, 4.69) is 42.5 Å². The summed E-state index contributed by atoms with van der Waals surface area (Å²) in [4.78, 5) is 176. The maximum Gasteiger partial charge on any atom is 0.341 e. The van der Waals surface area contributed by atoms with Crippen LogP contribution in [0.3, 0.4) is 0 Å². The van der Waals surface area contributed by atoms with Crippen LogP contribution in [0.1, 0.15) is 131 Å². The molecule has 3 saturated heterocycles. The van der Waals surface area contributed by atoms with Gasteiger partial charge in [-0.1, -0.05) is 67.4 Å². The highest BCUT2D eigenvalue weighted by molar-refractivity contribution is 7.70. The van der Waals surface area contributed by atoms with Crippen LogP contribution in [0.25, 0.3) is 11.1 Å². The van der Waals surface area contributed by atoms with Gasteiger partial charge in [0, 0.05) is 52.4 Å². The number of hydrogen-bond acceptors (Lipinski definition) is 32. The van der Waals surface area contributed by atoms with Crippen LogP contribution in [0.15, 0.2) is 103 Å². The van der Waals surface area contributed by atoms with Gasteiger partial charge < -0.3 is 168 Å². The van der Waals surface area contributed by atoms with Crippen molar-refractivity contribution >= 4 is 97.3 Å². The van der Waals surface area contributed by atoms with E-state index in [1.165, 1.54) is 46.9 Å². The number of phenolic OH excluding ortho intramolecular Hbond substituents is 3. The van der Waals surface area contributed by atoms with E-state index in [4.69, 9.17) is 83.0 Å². The molecular weight excluding hydrogens is 1810 g/mol. The van der Waals surface area contributed by atoms with E-state index >= 15 is 28.8 Å². The average molecular weight is 1910 g/mol. The van der Waals surface area contributed by atoms with Gasteiger partial charge in [-0.05, 0) is 148 Å². The predicted octanol–water partition coefficient (Wildman–Crippen LogP) is 0.665. The zero-order chi connectivity index (χ0) is 95.9. The third-order valence-electron chi connectivity index (χ3n) is 22.9. The van der Waals surface area contributed by atoms with Crippen molar-refractivity contribution in [1.29, 1.82) is 0 Å². The Morgan fingerprint density at radius 2 is 1.21 bits per heavy atom. The van der Waals surface area contributed by atoms with Crippen LogP contribution in [0, 0.1) is 5.92 Å². The first-order valence-electron chi connectivity index (χ1n) is 40.9. The third kappa shape index (κ3) is 22.8. The number of ether oxygens (including phenoxy) is 9. The number of likely N-dealkylation sites (N-methyl/N-ethyl adjacent to an activating group) is 1. The van der Waals surface area contributed by atoms with Gasteiger partial charge in [-0.2, -0.15) is 0 Å². The molecule has 44 nitrogen and oxygen atoms in total. The van der Waals surface area contributed by atoms with Gasteiger partial charge in [0.05, 0.1) is 53.5 Å². The van der Waals surface area contributed by atoms with E-state index in [1.807, 2.05) is 0 Å². The van der Waals surface area contributed by atoms with E-state index < -0.39 is 323 Å². The highest BCUT2D eigenvalue weighted by Crippen LogP contribution is 2.61. The predicted molar refractivity (Wildman–Crippen MR) is 456 cm³/mol. The number of aromatic hydroxyl groups is 3. The Balaban J connectivity index is 1.07. The van der Waals surface area contributed by atoms with Crippen molar-refractivity contribution in [3.8, 4) is 57.1 Å². The van der Waals surface area contributed by atoms with Crippen molar-refractivity contribution in [2.45, 2.75) is 212 Å². The lowest BCUT2D eigenvalue weighted by Gasteiger charge is -2.47. The SMILES string of the molecule is CNC(CC(C)C)C(=O)NC1C(=O)NC(CC(N)=O)C(=O)NC2C(=O)NC3C(=O)NC(C(=O)N[C@@H](C(=O)OCC(=O)Nc4ccc(CC(P(=O)(O)O)P(=O)(O)O)cc4)c4cc(O)cc(O)c4-c4cc3ccc4O)[C@H](OC3CC(C)(N)C(O)C(C)O3)c3ccc(c(Cl)c3)Oc3cc2cc(c3OC2OC(CO)C(O)C(O)C2OC2CC(C)(N)C(O)C(C)O2)Oc2ccc(cc2Cl)[C@@H]1O. The van der Waals surface area contributed by atoms with Crippen LogP contribution in [-0.2, 0) is 87.1 Å². The molecule has 131 heavy (non-hydrogen) atoms. The minimum absolute atomic E-state index is 0.00993. The number of carbonyl (C=O) groups excluding carboxylic acids is 9. The van der Waals surface area contributed by atoms with Crippen LogP contribution in [0.2, 0.25) is 10.0 Å². The number of carbonyl (C=O) groups is 9. The van der Waals surface area contributed by atoms with E-state index in [0.717, 1.165) is 91.0 Å². The summed E-state index contributed by atoms with van der Waals surface area (Å²) in [5.74, 6) is -18.0. The number of nitrogens with two attached hydrogens (primary N) is 3. The zero-order valence-electron chi connectivity index (χ0n) is 70.8. The number of aliphatic hydroxyl groups excluding tert-OH is 6. The van der Waals surface area contributed by atoms with E-state index in [1.54, 1.807) is 13.8 Å². The number of fused-ring (bicyclic) bond motifs is 15. The molecule has 0 spiro atoms. The first kappa shape index (κ1) is 99.7. The molecule has 11 bridgehead atoms. The lowest BCUT2D eigenvalue weighted by Crippen LogP contribution is -2.64. The van der Waals surface area contributed by atoms with Crippen LogP contribution >= 0.6 is 38.4 Å². The fourth-order valence-electron chi connectivity index (χ4n) is 16.0. The lowest BCUT2D eigenvalue weighted by atomic mass is 9.86. The second-order valence-electron chi connectivity index (χ2n) is 33.6. The van der Waals surface area contributed by atoms with Gasteiger partial charge in [-0.25, -0.2) is 4.79 Å². The number of esters is 1. The highest BCUT2D eigenvalue weighted by atomic mass is 35.5. The molecule has 710 valence electrons. The first-order valence-corrected chi connectivity index (χ1v) is 45.0. The van der Waals surface area contributed by atoms with Crippen molar-refractivity contribution in [1.82, 2.24) is 37.2 Å². The molecule has 19 unspecified atom stereocenters. The quantitative estimate of drug-likeness (QED) is 0.0328. The zero-order valence-corrected chi connectivity index (χ0v) is 74.1. The smallest absolute Gasteiger partial charge is 0.341 e. The van der Waals surface area contributed by atoms with Crippen molar-refractivity contribution in [3.63, 3.8) is 0 Å². The molecule has 8 aliphatic heterocycles. The molecule has 0 aliphatic carbocycles. The minimum atomic E-state index is -5.39. The molecule has 3 fully saturated rings. The molecule has 0 aromatic heterocycles. The van der Waals surface area contributed by atoms with Gasteiger partial charge in [0.2, 0.25) is 53.4 Å². The second kappa shape index (κ2) is 40.2. The molecule has 0 radical (unpaired) electrons. The number of halogens is 2. The Hall–Kier alpha value is -10.3. The summed E-state index contributed by atoms with van der Waals surface area (Å²) in [6.07, 6.45) is -24.7. The molecular formula is C83H101Cl2N11O33P2. The van der Waals surface area contributed by atoms with Gasteiger partial charge in [-0.15, -0.1) is 0 Å². The van der Waals surface area contributed by atoms with Crippen molar-refractivity contribution in [2.75, 3.05) is 25.6 Å². The molecule has 6 aromatic rings. The Labute approximate surface area is 756 Å². The number of aliphatic hydroxyl groups is 6. The number of anilines is 1. The summed E-state index contributed by atoms with van der Waals surface area (Å²) >= 11 is 14.6. The Bertz CT molecular complexity index is 5440. The number of nitrogens with one attached hydrogen (secondary N) is 8. The Kier molecular flexibility index (Phi) is 30.6. The van der Waals surface area contributed by atoms with Crippen molar-refractivity contribution in [3.05, 3.63) is 147 Å². The van der Waals surface area contributed by atoms with Crippen molar-refractivity contribution in [2.24, 2.45) is 23.1 Å². The largest absolute Gasteiger partial charge is 0.508 e. The maximum absolute atomic E-state index is 16.6. The average Bonchev–Trinajstić information content (AvgIpc) is 0.758. The number of primary amides is 1. The molecule has 0 saturated carbocycles. The fraction of sp³-hybridized carbons (Fsp3) is 0.458. The summed E-state index contributed by atoms with van der Waals surface area (Å²) < 4.78 is 81.8. The van der Waals surface area contributed by atoms with E-state index in [9.17, 15) is 89.0 Å². The van der Waals surface area contributed by atoms with Gasteiger partial charge >= 0.3 is 21.2 Å². The third-order valence-corrected chi connectivity index (χ3v) is 27.2. The molecule has 48 heteroatoms. The number of phenols is 3. The number of rotatable bonds is 22. The molecule has 6 aromatic carbocycles. The lowest BCUT2D eigenvalue weighted by molar-refractivity contribution is -0.333. The summed E-state index contributed by atoms with van der Waals surface area (Å²) in [5, 5.41) is 122. The summed E-state index contributed by atoms with van der Waals surface area (Å²) in [6, 6.07) is 3.01. The number of hydrogen-bond donors (Lipinski definition) is 24. The maximum atomic E-state index is 16.6. The Morgan fingerprint density at radius 3 is 1.77 bits per heavy atom. The van der Waals surface area contributed by atoms with Gasteiger partial charge in [0.15, 0.2) is 48.2 Å². The van der Waals surface area contributed by atoms with Crippen LogP contribution in [-0.4, -0.2) is 247 Å². The highest BCUT2D eigenvalue weighted by Gasteiger charge is 2.53. The summed E-state index contributed by atoms with van der Waals surface area (Å²) in [5.41, 5.74) is 12.7. The van der Waals surface area contributed by atoms with Crippen LogP contribution < -0.4 is 73.9 Å². The van der Waals surface area contributed by atoms with Crippen LogP contribution in [0.4, 0.5) is 5.69 Å². The fourth-order valence-corrected chi connectivity index (χ4v) is 19.0. The monoisotopic (exact) mass is 1910 g/mol. The normalized spacial score (nSPS) is 29.2. The Morgan fingerprint density at radius 1 is 0.641 bits per heavy atom. The molecule has 8 amide bonds. The topological polar surface area (TPSA) is 708 Å². The molecule has 27 N–H and O–H groups in total.